The van der Waals surface area contributed by atoms with E-state index in [-0.39, 0.29) is 23.8 Å². The van der Waals surface area contributed by atoms with Gasteiger partial charge in [-0.25, -0.2) is 0 Å². The van der Waals surface area contributed by atoms with Gasteiger partial charge in [-0.15, -0.1) is 0 Å². The molecule has 4 rings (SSSR count). The third-order valence-electron chi connectivity index (χ3n) is 4.78. The van der Waals surface area contributed by atoms with Gasteiger partial charge < -0.3 is 19.6 Å². The van der Waals surface area contributed by atoms with Gasteiger partial charge in [0.05, 0.1) is 10.4 Å². The van der Waals surface area contributed by atoms with Crippen molar-refractivity contribution in [3.05, 3.63) is 75.2 Å². The second kappa shape index (κ2) is 7.56. The zero-order valence-electron chi connectivity index (χ0n) is 14.9. The number of benzene rings is 1. The normalized spacial score (nSPS) is 19.1. The van der Waals surface area contributed by atoms with Gasteiger partial charge in [-0.05, 0) is 46.6 Å². The number of hydrogen-bond acceptors (Lipinski definition) is 6. The Hall–Kier alpha value is -2.98. The summed E-state index contributed by atoms with van der Waals surface area (Å²) in [6.45, 7) is 0.215. The summed E-state index contributed by atoms with van der Waals surface area (Å²) in [7, 11) is 0. The van der Waals surface area contributed by atoms with Gasteiger partial charge in [-0.1, -0.05) is 12.1 Å². The van der Waals surface area contributed by atoms with E-state index in [1.807, 2.05) is 24.3 Å². The number of nitriles is 1. The molecule has 0 saturated heterocycles. The lowest BCUT2D eigenvalue weighted by molar-refractivity contribution is -0.116. The maximum Gasteiger partial charge on any atom is 0.205 e. The predicted octanol–water partition coefficient (Wildman–Crippen LogP) is 4.44. The molecule has 1 unspecified atom stereocenters. The second-order valence-corrected chi connectivity index (χ2v) is 7.42. The first-order valence-electron chi connectivity index (χ1n) is 8.88. The Morgan fingerprint density at radius 3 is 2.86 bits per heavy atom. The largest absolute Gasteiger partial charge is 0.484 e. The average molecular weight is 441 g/mol. The van der Waals surface area contributed by atoms with Crippen molar-refractivity contribution in [3.63, 3.8) is 0 Å². The van der Waals surface area contributed by atoms with Gasteiger partial charge >= 0.3 is 0 Å². The number of carbonyl (C=O) groups excluding carboxylic acids is 1. The standard InChI is InChI=1S/C21H17BrN2O4/c22-14-4-1-2-6-16(14)26-11-12-8-9-18(27-12)19-13(10-23)21(24)28-17-7-3-5-15(25)20(17)19/h1-2,4,6,8-9,19H,3,5,7,11,24H2. The summed E-state index contributed by atoms with van der Waals surface area (Å²) in [6.07, 6.45) is 1.76. The molecule has 0 saturated carbocycles. The topological polar surface area (TPSA) is 98.5 Å². The van der Waals surface area contributed by atoms with Crippen LogP contribution in [0.25, 0.3) is 0 Å². The summed E-state index contributed by atoms with van der Waals surface area (Å²) in [6, 6.07) is 13.1. The monoisotopic (exact) mass is 440 g/mol. The Balaban J connectivity index is 1.63. The highest BCUT2D eigenvalue weighted by Crippen LogP contribution is 2.43. The summed E-state index contributed by atoms with van der Waals surface area (Å²) < 4.78 is 18.1. The first-order chi connectivity index (χ1) is 13.6. The number of para-hydroxylation sites is 1. The molecule has 0 fully saturated rings. The van der Waals surface area contributed by atoms with Crippen LogP contribution in [0.3, 0.4) is 0 Å². The molecule has 1 aromatic carbocycles. The summed E-state index contributed by atoms with van der Waals surface area (Å²) in [4.78, 5) is 12.6. The number of nitrogens with zero attached hydrogens (tertiary/aromatic N) is 1. The highest BCUT2D eigenvalue weighted by Gasteiger charge is 2.39. The zero-order valence-corrected chi connectivity index (χ0v) is 16.5. The van der Waals surface area contributed by atoms with E-state index in [0.29, 0.717) is 47.9 Å². The Kier molecular flexibility index (Phi) is 4.97. The lowest BCUT2D eigenvalue weighted by atomic mass is 9.80. The number of allylic oxidation sites excluding steroid dienone is 3. The van der Waals surface area contributed by atoms with Crippen LogP contribution in [0.2, 0.25) is 0 Å². The number of halogens is 1. The predicted molar refractivity (Wildman–Crippen MR) is 104 cm³/mol. The smallest absolute Gasteiger partial charge is 0.205 e. The fourth-order valence-electron chi connectivity index (χ4n) is 3.48. The Morgan fingerprint density at radius 2 is 2.07 bits per heavy atom. The molecule has 1 aromatic heterocycles. The van der Waals surface area contributed by atoms with E-state index < -0.39 is 5.92 Å². The maximum absolute atomic E-state index is 12.6. The Labute approximate surface area is 170 Å². The van der Waals surface area contributed by atoms with Crippen molar-refractivity contribution in [1.82, 2.24) is 0 Å². The molecule has 0 radical (unpaired) electrons. The van der Waals surface area contributed by atoms with Crippen LogP contribution in [0, 0.1) is 11.3 Å². The molecule has 0 bridgehead atoms. The molecule has 2 N–H and O–H groups in total. The number of rotatable bonds is 4. The molecular formula is C21H17BrN2O4. The summed E-state index contributed by atoms with van der Waals surface area (Å²) in [5, 5.41) is 9.59. The van der Waals surface area contributed by atoms with Crippen LogP contribution in [0.4, 0.5) is 0 Å². The van der Waals surface area contributed by atoms with E-state index in [0.717, 1.165) is 4.47 Å². The fourth-order valence-corrected chi connectivity index (χ4v) is 3.88. The van der Waals surface area contributed by atoms with E-state index in [9.17, 15) is 10.1 Å². The van der Waals surface area contributed by atoms with Crippen molar-refractivity contribution >= 4 is 21.7 Å². The van der Waals surface area contributed by atoms with Crippen LogP contribution in [0.1, 0.15) is 36.7 Å². The van der Waals surface area contributed by atoms with E-state index >= 15 is 0 Å². The number of carbonyl (C=O) groups is 1. The van der Waals surface area contributed by atoms with Gasteiger partial charge in [0.15, 0.2) is 5.78 Å². The van der Waals surface area contributed by atoms with E-state index in [1.165, 1.54) is 0 Å². The van der Waals surface area contributed by atoms with Gasteiger partial charge in [-0.2, -0.15) is 5.26 Å². The first kappa shape index (κ1) is 18.4. The summed E-state index contributed by atoms with van der Waals surface area (Å²) >= 11 is 3.44. The molecule has 2 heterocycles. The van der Waals surface area contributed by atoms with Gasteiger partial charge in [0.2, 0.25) is 5.88 Å². The molecule has 1 aliphatic carbocycles. The maximum atomic E-state index is 12.6. The van der Waals surface area contributed by atoms with E-state index in [4.69, 9.17) is 19.6 Å². The number of hydrogen-bond donors (Lipinski definition) is 1. The van der Waals surface area contributed by atoms with Crippen molar-refractivity contribution in [2.75, 3.05) is 0 Å². The molecule has 0 spiro atoms. The second-order valence-electron chi connectivity index (χ2n) is 6.56. The number of Topliss-reactive ketones (excluding diaryl/α,β-unsaturated/α-hetero) is 1. The summed E-state index contributed by atoms with van der Waals surface area (Å²) in [5.41, 5.74) is 6.62. The lowest BCUT2D eigenvalue weighted by Crippen LogP contribution is -2.27. The number of furan rings is 1. The number of nitrogens with two attached hydrogens (primary N) is 1. The highest BCUT2D eigenvalue weighted by atomic mass is 79.9. The van der Waals surface area contributed by atoms with Crippen molar-refractivity contribution in [3.8, 4) is 11.8 Å². The molecule has 2 aromatic rings. The van der Waals surface area contributed by atoms with Crippen LogP contribution in [0.15, 0.2) is 68.1 Å². The lowest BCUT2D eigenvalue weighted by Gasteiger charge is -2.29. The van der Waals surface area contributed by atoms with Crippen molar-refractivity contribution in [2.45, 2.75) is 31.8 Å². The Bertz CT molecular complexity index is 1040. The molecule has 142 valence electrons. The van der Waals surface area contributed by atoms with E-state index in [2.05, 4.69) is 22.0 Å². The van der Waals surface area contributed by atoms with E-state index in [1.54, 1.807) is 12.1 Å². The van der Waals surface area contributed by atoms with Crippen molar-refractivity contribution in [2.24, 2.45) is 5.73 Å². The first-order valence-corrected chi connectivity index (χ1v) is 9.67. The third-order valence-corrected chi connectivity index (χ3v) is 5.43. The van der Waals surface area contributed by atoms with Crippen LogP contribution in [-0.4, -0.2) is 5.78 Å². The molecule has 0 amide bonds. The van der Waals surface area contributed by atoms with Crippen LogP contribution < -0.4 is 10.5 Å². The zero-order chi connectivity index (χ0) is 19.7. The fraction of sp³-hybridized carbons (Fsp3) is 0.238. The molecule has 6 nitrogen and oxygen atoms in total. The minimum atomic E-state index is -0.640. The molecular weight excluding hydrogens is 424 g/mol. The van der Waals surface area contributed by atoms with Crippen LogP contribution >= 0.6 is 15.9 Å². The van der Waals surface area contributed by atoms with Crippen molar-refractivity contribution < 1.29 is 18.7 Å². The third kappa shape index (κ3) is 3.32. The molecule has 7 heteroatoms. The molecule has 28 heavy (non-hydrogen) atoms. The SMILES string of the molecule is N#CC1=C(N)OC2=C(C(=O)CCC2)C1c1ccc(COc2ccccc2Br)o1. The van der Waals surface area contributed by atoms with Gasteiger partial charge in [0.25, 0.3) is 0 Å². The number of ether oxygens (including phenoxy) is 2. The number of ketones is 1. The minimum Gasteiger partial charge on any atom is -0.484 e. The quantitative estimate of drug-likeness (QED) is 0.754. The highest BCUT2D eigenvalue weighted by molar-refractivity contribution is 9.10. The van der Waals surface area contributed by atoms with Gasteiger partial charge in [0, 0.05) is 18.4 Å². The van der Waals surface area contributed by atoms with Gasteiger partial charge in [-0.3, -0.25) is 4.79 Å². The average Bonchev–Trinajstić information content (AvgIpc) is 3.15. The van der Waals surface area contributed by atoms with Gasteiger partial charge in [0.1, 0.15) is 41.3 Å². The minimum absolute atomic E-state index is 0.0309. The summed E-state index contributed by atoms with van der Waals surface area (Å²) in [5.74, 6) is 1.66. The van der Waals surface area contributed by atoms with Crippen molar-refractivity contribution in [1.29, 1.82) is 5.26 Å². The molecule has 1 aliphatic heterocycles. The Morgan fingerprint density at radius 1 is 1.25 bits per heavy atom. The molecule has 1 atom stereocenters. The molecule has 2 aliphatic rings. The van der Waals surface area contributed by atoms with Crippen LogP contribution in [-0.2, 0) is 16.1 Å². The van der Waals surface area contributed by atoms with Crippen LogP contribution in [0.5, 0.6) is 5.75 Å².